The summed E-state index contributed by atoms with van der Waals surface area (Å²) in [5.74, 6) is -0.648. The van der Waals surface area contributed by atoms with Gasteiger partial charge in [-0.05, 0) is 13.8 Å². The standard InChI is InChI=1S/C12H15N3O4S/c1-3-13-9-8-7(6-20-9)10(16)15(11(8)17)12(2)4-5-18-14-19-12/h6,13-14H,3-5H2,1-2H3/t12-/m1/s1. The van der Waals surface area contributed by atoms with Crippen molar-refractivity contribution < 1.29 is 19.3 Å². The molecule has 1 saturated heterocycles. The molecule has 8 heteroatoms. The van der Waals surface area contributed by atoms with Gasteiger partial charge in [0.25, 0.3) is 11.8 Å². The van der Waals surface area contributed by atoms with Gasteiger partial charge in [0, 0.05) is 18.3 Å². The minimum Gasteiger partial charge on any atom is -0.377 e. The van der Waals surface area contributed by atoms with Crippen LogP contribution in [0.15, 0.2) is 5.38 Å². The van der Waals surface area contributed by atoms with Crippen molar-refractivity contribution in [2.45, 2.75) is 26.0 Å². The van der Waals surface area contributed by atoms with E-state index in [0.29, 0.717) is 30.7 Å². The molecular formula is C12H15N3O4S. The highest BCUT2D eigenvalue weighted by Gasteiger charge is 2.50. The molecule has 1 atom stereocenters. The first-order valence-corrected chi connectivity index (χ1v) is 7.25. The van der Waals surface area contributed by atoms with Gasteiger partial charge in [0.05, 0.1) is 17.7 Å². The average Bonchev–Trinajstić information content (AvgIpc) is 2.93. The Hall–Kier alpha value is -1.48. The monoisotopic (exact) mass is 297 g/mol. The Morgan fingerprint density at radius 3 is 2.95 bits per heavy atom. The van der Waals surface area contributed by atoms with Crippen molar-refractivity contribution in [3.63, 3.8) is 0 Å². The maximum atomic E-state index is 12.6. The lowest BCUT2D eigenvalue weighted by atomic mass is 10.1. The summed E-state index contributed by atoms with van der Waals surface area (Å²) in [5.41, 5.74) is 2.14. The third-order valence-corrected chi connectivity index (χ3v) is 4.38. The smallest absolute Gasteiger partial charge is 0.266 e. The van der Waals surface area contributed by atoms with E-state index in [1.54, 1.807) is 12.3 Å². The summed E-state index contributed by atoms with van der Waals surface area (Å²) in [5, 5.41) is 5.55. The zero-order valence-corrected chi connectivity index (χ0v) is 12.0. The summed E-state index contributed by atoms with van der Waals surface area (Å²) < 4.78 is 0. The van der Waals surface area contributed by atoms with Crippen LogP contribution in [0.5, 0.6) is 0 Å². The first-order chi connectivity index (χ1) is 9.58. The summed E-state index contributed by atoms with van der Waals surface area (Å²) in [6.07, 6.45) is 0.418. The van der Waals surface area contributed by atoms with Gasteiger partial charge >= 0.3 is 0 Å². The Labute approximate surface area is 119 Å². The van der Waals surface area contributed by atoms with Crippen LogP contribution in [0.3, 0.4) is 0 Å². The molecule has 0 aliphatic carbocycles. The van der Waals surface area contributed by atoms with Crippen LogP contribution < -0.4 is 11.0 Å². The van der Waals surface area contributed by atoms with E-state index >= 15 is 0 Å². The Morgan fingerprint density at radius 1 is 1.50 bits per heavy atom. The summed E-state index contributed by atoms with van der Waals surface area (Å²) in [7, 11) is 0. The lowest BCUT2D eigenvalue weighted by Gasteiger charge is -2.38. The number of nitrogens with one attached hydrogen (secondary N) is 2. The predicted molar refractivity (Wildman–Crippen MR) is 72.2 cm³/mol. The highest BCUT2D eigenvalue weighted by Crippen LogP contribution is 2.39. The molecule has 2 amide bonds. The van der Waals surface area contributed by atoms with Gasteiger partial charge in [-0.2, -0.15) is 0 Å². The molecule has 3 rings (SSSR count). The number of fused-ring (bicyclic) bond motifs is 1. The maximum absolute atomic E-state index is 12.6. The van der Waals surface area contributed by atoms with Crippen LogP contribution in [-0.2, 0) is 9.68 Å². The molecule has 1 fully saturated rings. The van der Waals surface area contributed by atoms with Crippen molar-refractivity contribution in [2.24, 2.45) is 0 Å². The second-order valence-electron chi connectivity index (χ2n) is 4.79. The number of carbonyl (C=O) groups is 2. The molecule has 0 radical (unpaired) electrons. The molecule has 108 valence electrons. The summed E-state index contributed by atoms with van der Waals surface area (Å²) >= 11 is 1.37. The Balaban J connectivity index is 1.97. The van der Waals surface area contributed by atoms with E-state index in [1.807, 2.05) is 6.92 Å². The van der Waals surface area contributed by atoms with E-state index in [2.05, 4.69) is 11.0 Å². The molecule has 2 N–H and O–H groups in total. The SMILES string of the molecule is CCNc1scc2c1C(=O)N([C@@]1(C)CCONO1)C2=O. The van der Waals surface area contributed by atoms with E-state index in [-0.39, 0.29) is 11.8 Å². The molecular weight excluding hydrogens is 282 g/mol. The lowest BCUT2D eigenvalue weighted by molar-refractivity contribution is -0.302. The zero-order chi connectivity index (χ0) is 14.3. The molecule has 3 heterocycles. The van der Waals surface area contributed by atoms with E-state index < -0.39 is 5.72 Å². The quantitative estimate of drug-likeness (QED) is 0.820. The fraction of sp³-hybridized carbons (Fsp3) is 0.500. The number of nitrogens with zero attached hydrogens (tertiary/aromatic N) is 1. The molecule has 0 saturated carbocycles. The van der Waals surface area contributed by atoms with Gasteiger partial charge in [-0.1, -0.05) is 5.64 Å². The molecule has 2 aliphatic rings. The zero-order valence-electron chi connectivity index (χ0n) is 11.2. The van der Waals surface area contributed by atoms with Crippen LogP contribution in [-0.4, -0.2) is 35.6 Å². The highest BCUT2D eigenvalue weighted by molar-refractivity contribution is 7.15. The van der Waals surface area contributed by atoms with Crippen LogP contribution in [0.25, 0.3) is 0 Å². The van der Waals surface area contributed by atoms with E-state index in [9.17, 15) is 9.59 Å². The lowest BCUT2D eigenvalue weighted by Crippen LogP contribution is -2.57. The topological polar surface area (TPSA) is 79.9 Å². The normalized spacial score (nSPS) is 26.0. The minimum atomic E-state index is -1.04. The Kier molecular flexibility index (Phi) is 3.25. The summed E-state index contributed by atoms with van der Waals surface area (Å²) in [6, 6.07) is 0. The van der Waals surface area contributed by atoms with Crippen LogP contribution in [0.4, 0.5) is 5.00 Å². The van der Waals surface area contributed by atoms with E-state index in [4.69, 9.17) is 9.68 Å². The van der Waals surface area contributed by atoms with Gasteiger partial charge in [0.15, 0.2) is 5.72 Å². The number of imide groups is 1. The Bertz CT molecular complexity index is 565. The molecule has 0 spiro atoms. The average molecular weight is 297 g/mol. The van der Waals surface area contributed by atoms with Crippen molar-refractivity contribution in [1.29, 1.82) is 0 Å². The van der Waals surface area contributed by atoms with Crippen molar-refractivity contribution in [3.05, 3.63) is 16.5 Å². The second kappa shape index (κ2) is 4.81. The molecule has 7 nitrogen and oxygen atoms in total. The minimum absolute atomic E-state index is 0.323. The molecule has 0 bridgehead atoms. The van der Waals surface area contributed by atoms with Crippen LogP contribution in [0.1, 0.15) is 41.0 Å². The van der Waals surface area contributed by atoms with Crippen LogP contribution in [0.2, 0.25) is 0 Å². The van der Waals surface area contributed by atoms with Crippen molar-refractivity contribution in [1.82, 2.24) is 10.5 Å². The van der Waals surface area contributed by atoms with Crippen LogP contribution >= 0.6 is 11.3 Å². The Morgan fingerprint density at radius 2 is 2.30 bits per heavy atom. The summed E-state index contributed by atoms with van der Waals surface area (Å²) in [4.78, 5) is 36.4. The molecule has 0 aromatic carbocycles. The first-order valence-electron chi connectivity index (χ1n) is 6.37. The molecule has 2 aliphatic heterocycles. The van der Waals surface area contributed by atoms with Gasteiger partial charge in [-0.25, -0.2) is 9.74 Å². The van der Waals surface area contributed by atoms with Gasteiger partial charge in [0.2, 0.25) is 0 Å². The van der Waals surface area contributed by atoms with Gasteiger partial charge < -0.3 is 5.32 Å². The first kappa shape index (κ1) is 13.5. The van der Waals surface area contributed by atoms with E-state index in [1.165, 1.54) is 16.2 Å². The number of hydrogen-bond donors (Lipinski definition) is 2. The highest BCUT2D eigenvalue weighted by atomic mass is 32.1. The molecule has 1 aromatic rings. The third-order valence-electron chi connectivity index (χ3n) is 3.44. The number of rotatable bonds is 3. The predicted octanol–water partition coefficient (Wildman–Crippen LogP) is 1.35. The fourth-order valence-electron chi connectivity index (χ4n) is 2.38. The maximum Gasteiger partial charge on any atom is 0.266 e. The number of amides is 2. The van der Waals surface area contributed by atoms with Gasteiger partial charge in [-0.3, -0.25) is 14.4 Å². The van der Waals surface area contributed by atoms with Crippen LogP contribution in [0, 0.1) is 0 Å². The number of thiophene rings is 1. The fourth-order valence-corrected chi connectivity index (χ4v) is 3.38. The summed E-state index contributed by atoms with van der Waals surface area (Å²) in [6.45, 7) is 4.69. The molecule has 20 heavy (non-hydrogen) atoms. The van der Waals surface area contributed by atoms with Gasteiger partial charge in [-0.15, -0.1) is 11.3 Å². The second-order valence-corrected chi connectivity index (χ2v) is 5.67. The molecule has 0 unspecified atom stereocenters. The number of hydrogen-bond acceptors (Lipinski definition) is 7. The molecule has 1 aromatic heterocycles. The van der Waals surface area contributed by atoms with E-state index in [0.717, 1.165) is 5.00 Å². The third kappa shape index (κ3) is 1.84. The van der Waals surface area contributed by atoms with Gasteiger partial charge in [0.1, 0.15) is 5.00 Å². The number of carbonyl (C=O) groups excluding carboxylic acids is 2. The largest absolute Gasteiger partial charge is 0.377 e. The van der Waals surface area contributed by atoms with Crippen molar-refractivity contribution in [3.8, 4) is 0 Å². The van der Waals surface area contributed by atoms with Crippen molar-refractivity contribution >= 4 is 28.2 Å². The van der Waals surface area contributed by atoms with Crippen molar-refractivity contribution in [2.75, 3.05) is 18.5 Å². The number of anilines is 1.